The first kappa shape index (κ1) is 13.4. The highest BCUT2D eigenvalue weighted by atomic mass is 32.1. The Hall–Kier alpha value is -0.690. The van der Waals surface area contributed by atoms with Crippen LogP contribution in [0.4, 0.5) is 13.2 Å². The third-order valence-electron chi connectivity index (χ3n) is 1.72. The fourth-order valence-electron chi connectivity index (χ4n) is 1.14. The monoisotopic (exact) mass is 269 g/mol. The third-order valence-corrected chi connectivity index (χ3v) is 3.09. The van der Waals surface area contributed by atoms with Crippen molar-refractivity contribution >= 4 is 29.9 Å². The number of carbonyl (C=O) groups excluding carboxylic acids is 1. The van der Waals surface area contributed by atoms with Crippen molar-refractivity contribution in [2.75, 3.05) is 0 Å². The number of carbonyl (C=O) groups is 1. The standard InChI is InChI=1S/C9H10F3NOS2/c1-5(3-9(10,11)12)13-8(14)7-2-6(15)4-16-7/h2,4-5,15H,3H2,1H3,(H,13,14). The van der Waals surface area contributed by atoms with Crippen molar-refractivity contribution in [2.45, 2.75) is 30.5 Å². The van der Waals surface area contributed by atoms with E-state index in [0.29, 0.717) is 9.77 Å². The molecule has 0 aliphatic rings. The summed E-state index contributed by atoms with van der Waals surface area (Å²) in [5.41, 5.74) is 0. The van der Waals surface area contributed by atoms with Crippen molar-refractivity contribution in [3.63, 3.8) is 0 Å². The molecule has 1 amide bonds. The summed E-state index contributed by atoms with van der Waals surface area (Å²) in [5.74, 6) is -0.498. The summed E-state index contributed by atoms with van der Waals surface area (Å²) in [6.45, 7) is 1.32. The summed E-state index contributed by atoms with van der Waals surface area (Å²) < 4.78 is 36.0. The molecule has 7 heteroatoms. The van der Waals surface area contributed by atoms with Gasteiger partial charge >= 0.3 is 6.18 Å². The molecule has 0 spiro atoms. The molecule has 16 heavy (non-hydrogen) atoms. The van der Waals surface area contributed by atoms with Crippen LogP contribution < -0.4 is 5.32 Å². The quantitative estimate of drug-likeness (QED) is 0.811. The zero-order chi connectivity index (χ0) is 12.3. The Morgan fingerprint density at radius 1 is 1.62 bits per heavy atom. The highest BCUT2D eigenvalue weighted by molar-refractivity contribution is 7.80. The third kappa shape index (κ3) is 4.44. The van der Waals surface area contributed by atoms with Crippen LogP contribution in [0.25, 0.3) is 0 Å². The van der Waals surface area contributed by atoms with Gasteiger partial charge in [0.05, 0.1) is 11.3 Å². The first-order valence-electron chi connectivity index (χ1n) is 4.43. The molecule has 90 valence electrons. The molecule has 1 aromatic rings. The summed E-state index contributed by atoms with van der Waals surface area (Å²) in [6.07, 6.45) is -5.30. The predicted molar refractivity (Wildman–Crippen MR) is 59.2 cm³/mol. The summed E-state index contributed by atoms with van der Waals surface area (Å²) in [6, 6.07) is 0.585. The minimum Gasteiger partial charge on any atom is -0.349 e. The first-order valence-corrected chi connectivity index (χ1v) is 5.76. The molecule has 0 saturated carbocycles. The molecule has 1 atom stereocenters. The molecular weight excluding hydrogens is 259 g/mol. The molecule has 0 fully saturated rings. The molecule has 1 N–H and O–H groups in total. The Labute approximate surface area is 100 Å². The molecular formula is C9H10F3NOS2. The van der Waals surface area contributed by atoms with Crippen LogP contribution in [0.2, 0.25) is 0 Å². The van der Waals surface area contributed by atoms with E-state index >= 15 is 0 Å². The number of nitrogens with one attached hydrogen (secondary N) is 1. The van der Waals surface area contributed by atoms with Gasteiger partial charge in [-0.2, -0.15) is 13.2 Å². The average Bonchev–Trinajstić information content (AvgIpc) is 2.47. The Balaban J connectivity index is 2.52. The van der Waals surface area contributed by atoms with Gasteiger partial charge in [0.25, 0.3) is 5.91 Å². The summed E-state index contributed by atoms with van der Waals surface area (Å²) in [4.78, 5) is 12.4. The van der Waals surface area contributed by atoms with Crippen molar-refractivity contribution in [3.05, 3.63) is 16.3 Å². The van der Waals surface area contributed by atoms with Gasteiger partial charge in [-0.1, -0.05) is 0 Å². The molecule has 1 unspecified atom stereocenters. The minimum atomic E-state index is -4.27. The number of halogens is 3. The lowest BCUT2D eigenvalue weighted by Crippen LogP contribution is -2.35. The van der Waals surface area contributed by atoms with Crippen molar-refractivity contribution in [1.82, 2.24) is 5.32 Å². The van der Waals surface area contributed by atoms with Crippen LogP contribution in [0.5, 0.6) is 0 Å². The van der Waals surface area contributed by atoms with Gasteiger partial charge in [0.15, 0.2) is 0 Å². The molecule has 0 aromatic carbocycles. The fourth-order valence-corrected chi connectivity index (χ4v) is 2.19. The van der Waals surface area contributed by atoms with Gasteiger partial charge in [-0.25, -0.2) is 0 Å². The molecule has 2 nitrogen and oxygen atoms in total. The summed E-state index contributed by atoms with van der Waals surface area (Å²) in [5, 5.41) is 3.93. The molecule has 0 saturated heterocycles. The Kier molecular flexibility index (Phi) is 4.26. The van der Waals surface area contributed by atoms with E-state index in [2.05, 4.69) is 17.9 Å². The van der Waals surface area contributed by atoms with Crippen molar-refractivity contribution in [3.8, 4) is 0 Å². The number of rotatable bonds is 3. The number of alkyl halides is 3. The SMILES string of the molecule is CC(CC(F)(F)F)NC(=O)c1cc(S)cs1. The minimum absolute atomic E-state index is 0.360. The second kappa shape index (κ2) is 5.09. The smallest absolute Gasteiger partial charge is 0.349 e. The van der Waals surface area contributed by atoms with E-state index in [-0.39, 0.29) is 0 Å². The van der Waals surface area contributed by atoms with Crippen LogP contribution in [0, 0.1) is 0 Å². The molecule has 1 rings (SSSR count). The summed E-state index contributed by atoms with van der Waals surface area (Å²) in [7, 11) is 0. The lowest BCUT2D eigenvalue weighted by Gasteiger charge is -2.15. The van der Waals surface area contributed by atoms with Crippen LogP contribution in [-0.2, 0) is 0 Å². The van der Waals surface area contributed by atoms with Crippen LogP contribution in [0.1, 0.15) is 23.0 Å². The number of hydrogen-bond donors (Lipinski definition) is 2. The topological polar surface area (TPSA) is 29.1 Å². The van der Waals surface area contributed by atoms with E-state index < -0.39 is 24.5 Å². The van der Waals surface area contributed by atoms with Gasteiger partial charge in [-0.15, -0.1) is 24.0 Å². The largest absolute Gasteiger partial charge is 0.391 e. The second-order valence-corrected chi connectivity index (χ2v) is 4.79. The van der Waals surface area contributed by atoms with E-state index in [1.807, 2.05) is 0 Å². The molecule has 1 heterocycles. The van der Waals surface area contributed by atoms with Crippen molar-refractivity contribution in [1.29, 1.82) is 0 Å². The molecule has 0 aliphatic carbocycles. The molecule has 0 aliphatic heterocycles. The Morgan fingerprint density at radius 2 is 2.25 bits per heavy atom. The van der Waals surface area contributed by atoms with Crippen molar-refractivity contribution < 1.29 is 18.0 Å². The maximum Gasteiger partial charge on any atom is 0.391 e. The van der Waals surface area contributed by atoms with Crippen LogP contribution >= 0.6 is 24.0 Å². The predicted octanol–water partition coefficient (Wildman–Crippen LogP) is 3.11. The van der Waals surface area contributed by atoms with Crippen LogP contribution in [-0.4, -0.2) is 18.1 Å². The van der Waals surface area contributed by atoms with E-state index in [4.69, 9.17) is 0 Å². The number of amides is 1. The zero-order valence-corrected chi connectivity index (χ0v) is 10.0. The van der Waals surface area contributed by atoms with E-state index in [0.717, 1.165) is 11.3 Å². The second-order valence-electron chi connectivity index (χ2n) is 3.36. The molecule has 0 radical (unpaired) electrons. The van der Waals surface area contributed by atoms with Gasteiger partial charge in [-0.3, -0.25) is 4.79 Å². The average molecular weight is 269 g/mol. The fraction of sp³-hybridized carbons (Fsp3) is 0.444. The Bertz CT molecular complexity index is 375. The number of thiophene rings is 1. The van der Waals surface area contributed by atoms with Gasteiger partial charge in [0.2, 0.25) is 0 Å². The maximum absolute atomic E-state index is 12.0. The molecule has 1 aromatic heterocycles. The van der Waals surface area contributed by atoms with Crippen LogP contribution in [0.15, 0.2) is 16.3 Å². The van der Waals surface area contributed by atoms with Gasteiger partial charge in [0, 0.05) is 16.3 Å². The summed E-state index contributed by atoms with van der Waals surface area (Å²) >= 11 is 5.16. The first-order chi connectivity index (χ1) is 7.28. The number of thiol groups is 1. The lowest BCUT2D eigenvalue weighted by atomic mass is 10.2. The normalized spacial score (nSPS) is 13.6. The van der Waals surface area contributed by atoms with Gasteiger partial charge in [0.1, 0.15) is 0 Å². The van der Waals surface area contributed by atoms with Gasteiger partial charge < -0.3 is 5.32 Å². The van der Waals surface area contributed by atoms with Gasteiger partial charge in [-0.05, 0) is 13.0 Å². The van der Waals surface area contributed by atoms with Crippen LogP contribution in [0.3, 0.4) is 0 Å². The Morgan fingerprint density at radius 3 is 2.69 bits per heavy atom. The maximum atomic E-state index is 12.0. The van der Waals surface area contributed by atoms with E-state index in [1.165, 1.54) is 13.0 Å². The lowest BCUT2D eigenvalue weighted by molar-refractivity contribution is -0.138. The highest BCUT2D eigenvalue weighted by Gasteiger charge is 2.30. The van der Waals surface area contributed by atoms with E-state index in [1.54, 1.807) is 5.38 Å². The number of hydrogen-bond acceptors (Lipinski definition) is 3. The van der Waals surface area contributed by atoms with E-state index in [9.17, 15) is 18.0 Å². The van der Waals surface area contributed by atoms with Crippen molar-refractivity contribution in [2.24, 2.45) is 0 Å². The zero-order valence-electron chi connectivity index (χ0n) is 8.34. The molecule has 0 bridgehead atoms. The highest BCUT2D eigenvalue weighted by Crippen LogP contribution is 2.22.